The van der Waals surface area contributed by atoms with Crippen LogP contribution in [0, 0.1) is 0 Å². The first-order chi connectivity index (χ1) is 25.9. The van der Waals surface area contributed by atoms with Crippen LogP contribution in [-0.4, -0.2) is 85.0 Å². The molecule has 0 spiro atoms. The average Bonchev–Trinajstić information content (AvgIpc) is 3.16. The molecule has 54 heavy (non-hydrogen) atoms. The summed E-state index contributed by atoms with van der Waals surface area (Å²) in [6.07, 6.45) is 3.66. The normalized spacial score (nSPS) is 17.7. The molecule has 8 nitrogen and oxygen atoms in total. The maximum atomic E-state index is 11.7. The zero-order chi connectivity index (χ0) is 38.3. The van der Waals surface area contributed by atoms with Crippen molar-refractivity contribution in [3.8, 4) is 11.5 Å². The van der Waals surface area contributed by atoms with Crippen LogP contribution in [-0.2, 0) is 33.4 Å². The number of nitrogens with zero attached hydrogens (tertiary/aromatic N) is 4. The maximum absolute atomic E-state index is 11.7. The molecule has 2 heterocycles. The van der Waals surface area contributed by atoms with E-state index in [0.29, 0.717) is 50.6 Å². The van der Waals surface area contributed by atoms with Gasteiger partial charge in [-0.15, -0.1) is 0 Å². The minimum Gasteiger partial charge on any atom is -0.507 e. The highest BCUT2D eigenvalue weighted by molar-refractivity contribution is 5.86. The third-order valence-electron chi connectivity index (χ3n) is 10.5. The fourth-order valence-corrected chi connectivity index (χ4v) is 7.06. The molecule has 6 rings (SSSR count). The summed E-state index contributed by atoms with van der Waals surface area (Å²) in [6, 6.07) is 28.0. The van der Waals surface area contributed by atoms with Gasteiger partial charge in [-0.2, -0.15) is 0 Å². The van der Waals surface area contributed by atoms with E-state index < -0.39 is 12.1 Å². The number of ether oxygens (including phenoxy) is 2. The summed E-state index contributed by atoms with van der Waals surface area (Å²) in [5, 5.41) is 23.5. The van der Waals surface area contributed by atoms with Crippen molar-refractivity contribution in [3.05, 3.63) is 129 Å². The van der Waals surface area contributed by atoms with E-state index in [-0.39, 0.29) is 22.3 Å². The SMILES string of the molecule is CC(C)(C)c1cc(C=N[C@@H](c2ccccc2)[C@@H](N=Cc2cc(C(C)(C)C)cc(CN3CCOCC3)c2O)c2ccccc2)c(O)c(CN2CCOCC2)c1. The lowest BCUT2D eigenvalue weighted by atomic mass is 9.84. The Labute approximate surface area is 322 Å². The highest BCUT2D eigenvalue weighted by Crippen LogP contribution is 2.38. The molecule has 0 amide bonds. The second kappa shape index (κ2) is 17.4. The third kappa shape index (κ3) is 10.0. The van der Waals surface area contributed by atoms with Gasteiger partial charge in [-0.1, -0.05) is 114 Å². The number of hydrogen-bond acceptors (Lipinski definition) is 8. The monoisotopic (exact) mass is 730 g/mol. The quantitative estimate of drug-likeness (QED) is 0.151. The van der Waals surface area contributed by atoms with Crippen molar-refractivity contribution in [2.24, 2.45) is 9.98 Å². The molecule has 4 aromatic rings. The molecule has 4 aromatic carbocycles. The van der Waals surface area contributed by atoms with Crippen LogP contribution in [0.2, 0.25) is 0 Å². The summed E-state index contributed by atoms with van der Waals surface area (Å²) in [6.45, 7) is 20.6. The number of rotatable bonds is 11. The first kappa shape index (κ1) is 39.4. The molecule has 2 saturated heterocycles. The van der Waals surface area contributed by atoms with E-state index in [2.05, 4.69) is 99.9 Å². The van der Waals surface area contributed by atoms with Crippen molar-refractivity contribution in [2.45, 2.75) is 77.5 Å². The van der Waals surface area contributed by atoms with E-state index >= 15 is 0 Å². The van der Waals surface area contributed by atoms with Crippen LogP contribution in [0.5, 0.6) is 11.5 Å². The zero-order valence-electron chi connectivity index (χ0n) is 33.0. The van der Waals surface area contributed by atoms with Crippen LogP contribution >= 0.6 is 0 Å². The van der Waals surface area contributed by atoms with Gasteiger partial charge in [-0.25, -0.2) is 0 Å². The average molecular weight is 731 g/mol. The molecule has 0 bridgehead atoms. The summed E-state index contributed by atoms with van der Waals surface area (Å²) in [5.41, 5.74) is 7.18. The lowest BCUT2D eigenvalue weighted by Gasteiger charge is -2.28. The van der Waals surface area contributed by atoms with Gasteiger partial charge in [-0.3, -0.25) is 19.8 Å². The van der Waals surface area contributed by atoms with E-state index in [1.54, 1.807) is 0 Å². The molecule has 2 aliphatic rings. The summed E-state index contributed by atoms with van der Waals surface area (Å²) < 4.78 is 11.2. The van der Waals surface area contributed by atoms with Crippen LogP contribution < -0.4 is 0 Å². The van der Waals surface area contributed by atoms with Crippen LogP contribution in [0.25, 0.3) is 0 Å². The minimum absolute atomic E-state index is 0.129. The van der Waals surface area contributed by atoms with Crippen molar-refractivity contribution in [3.63, 3.8) is 0 Å². The Morgan fingerprint density at radius 3 is 1.26 bits per heavy atom. The molecule has 2 fully saturated rings. The van der Waals surface area contributed by atoms with Gasteiger partial charge in [0.25, 0.3) is 0 Å². The summed E-state index contributed by atoms with van der Waals surface area (Å²) in [4.78, 5) is 15.2. The molecular formula is C46H58N4O4. The van der Waals surface area contributed by atoms with Gasteiger partial charge >= 0.3 is 0 Å². The largest absolute Gasteiger partial charge is 0.507 e. The standard InChI is InChI=1S/C46H58N4O4/c1-45(2,3)39-25-35(43(51)37(27-39)31-49-17-21-53-22-18-49)29-47-41(33-13-9-7-10-14-33)42(34-15-11-8-12-16-34)48-30-36-26-40(46(4,5)6)28-38(44(36)52)32-50-19-23-54-24-20-50/h7-16,25-30,41-42,51-52H,17-24,31-32H2,1-6H3/t41-,42-/m0/s1. The summed E-state index contributed by atoms with van der Waals surface area (Å²) >= 11 is 0. The van der Waals surface area contributed by atoms with Gasteiger partial charge in [0.15, 0.2) is 0 Å². The zero-order valence-corrected chi connectivity index (χ0v) is 33.0. The molecule has 2 aliphatic heterocycles. The van der Waals surface area contributed by atoms with Crippen LogP contribution in [0.3, 0.4) is 0 Å². The smallest absolute Gasteiger partial charge is 0.128 e. The highest BCUT2D eigenvalue weighted by atomic mass is 16.5. The Morgan fingerprint density at radius 1 is 0.574 bits per heavy atom. The molecular weight excluding hydrogens is 673 g/mol. The van der Waals surface area contributed by atoms with Crippen molar-refractivity contribution < 1.29 is 19.7 Å². The van der Waals surface area contributed by atoms with Crippen LogP contribution in [0.4, 0.5) is 0 Å². The predicted octanol–water partition coefficient (Wildman–Crippen LogP) is 8.38. The second-order valence-electron chi connectivity index (χ2n) is 16.7. The first-order valence-corrected chi connectivity index (χ1v) is 19.4. The molecule has 0 unspecified atom stereocenters. The van der Waals surface area contributed by atoms with Crippen LogP contribution in [0.1, 0.15) is 98.1 Å². The topological polar surface area (TPSA) is 90.1 Å². The number of morpholine rings is 2. The molecule has 8 heteroatoms. The number of phenols is 2. The van der Waals surface area contributed by atoms with Gasteiger partial charge < -0.3 is 19.7 Å². The predicted molar refractivity (Wildman–Crippen MR) is 219 cm³/mol. The molecule has 286 valence electrons. The number of phenolic OH excluding ortho intramolecular Hbond substituents is 2. The number of aromatic hydroxyl groups is 2. The first-order valence-electron chi connectivity index (χ1n) is 19.4. The lowest BCUT2D eigenvalue weighted by molar-refractivity contribution is 0.0338. The second-order valence-corrected chi connectivity index (χ2v) is 16.7. The number of benzene rings is 4. The lowest BCUT2D eigenvalue weighted by Crippen LogP contribution is -2.35. The Morgan fingerprint density at radius 2 is 0.926 bits per heavy atom. The van der Waals surface area contributed by atoms with E-state index in [1.807, 2.05) is 48.8 Å². The Kier molecular flexibility index (Phi) is 12.7. The van der Waals surface area contributed by atoms with Crippen molar-refractivity contribution in [1.29, 1.82) is 0 Å². The Balaban J connectivity index is 1.43. The van der Waals surface area contributed by atoms with E-state index in [1.165, 1.54) is 0 Å². The third-order valence-corrected chi connectivity index (χ3v) is 10.5. The van der Waals surface area contributed by atoms with Crippen molar-refractivity contribution in [1.82, 2.24) is 9.80 Å². The van der Waals surface area contributed by atoms with E-state index in [0.717, 1.165) is 59.6 Å². The Bertz CT molecular complexity index is 1750. The van der Waals surface area contributed by atoms with Gasteiger partial charge in [0.1, 0.15) is 23.6 Å². The number of aliphatic imine (C=N–C) groups is 2. The fraction of sp³-hybridized carbons (Fsp3) is 0.435. The van der Waals surface area contributed by atoms with Gasteiger partial charge in [0, 0.05) is 74.0 Å². The molecule has 0 aromatic heterocycles. The van der Waals surface area contributed by atoms with E-state index in [4.69, 9.17) is 19.5 Å². The van der Waals surface area contributed by atoms with Gasteiger partial charge in [0.2, 0.25) is 0 Å². The van der Waals surface area contributed by atoms with Gasteiger partial charge in [0.05, 0.1) is 26.4 Å². The minimum atomic E-state index is -0.425. The molecule has 0 aliphatic carbocycles. The van der Waals surface area contributed by atoms with Gasteiger partial charge in [-0.05, 0) is 45.2 Å². The summed E-state index contributed by atoms with van der Waals surface area (Å²) in [7, 11) is 0. The molecule has 2 atom stereocenters. The van der Waals surface area contributed by atoms with Crippen LogP contribution in [0.15, 0.2) is 94.9 Å². The fourth-order valence-electron chi connectivity index (χ4n) is 7.06. The maximum Gasteiger partial charge on any atom is 0.128 e. The van der Waals surface area contributed by atoms with Crippen molar-refractivity contribution in [2.75, 3.05) is 52.6 Å². The highest BCUT2D eigenvalue weighted by Gasteiger charge is 2.26. The molecule has 2 N–H and O–H groups in total. The van der Waals surface area contributed by atoms with E-state index in [9.17, 15) is 10.2 Å². The molecule has 0 radical (unpaired) electrons. The number of hydrogen-bond donors (Lipinski definition) is 2. The summed E-state index contributed by atoms with van der Waals surface area (Å²) in [5.74, 6) is 0.503. The van der Waals surface area contributed by atoms with Crippen molar-refractivity contribution >= 4 is 12.4 Å². The Hall–Kier alpha value is -4.34. The molecule has 0 saturated carbocycles.